The van der Waals surface area contributed by atoms with Crippen LogP contribution in [0.5, 0.6) is 0 Å². The maximum atomic E-state index is 12.6. The van der Waals surface area contributed by atoms with Gasteiger partial charge < -0.3 is 19.7 Å². The number of nitrogens with zero attached hydrogens (tertiary/aromatic N) is 1. The smallest absolute Gasteiger partial charge is 0.326 e. The standard InChI is InChI=1S/C16H17ClN2O5/c1-9(16(22)23)19(6-5-18-10(2)20)15(21)14-8-11-7-12(17)3-4-13(11)24-14/h3-4,7-9H,5-6H2,1-2H3,(H,18,20)(H,22,23). The van der Waals surface area contributed by atoms with Crippen LogP contribution in [-0.2, 0) is 9.59 Å². The molecule has 2 aromatic rings. The molecule has 7 nitrogen and oxygen atoms in total. The van der Waals surface area contributed by atoms with Crippen molar-refractivity contribution in [2.24, 2.45) is 0 Å². The molecule has 0 bridgehead atoms. The number of furan rings is 1. The van der Waals surface area contributed by atoms with Crippen LogP contribution in [0.4, 0.5) is 0 Å². The Balaban J connectivity index is 2.26. The Morgan fingerprint density at radius 1 is 1.33 bits per heavy atom. The Morgan fingerprint density at radius 3 is 2.67 bits per heavy atom. The van der Waals surface area contributed by atoms with Crippen molar-refractivity contribution in [3.63, 3.8) is 0 Å². The molecule has 0 aliphatic carbocycles. The molecule has 0 aliphatic rings. The first-order chi connectivity index (χ1) is 11.3. The summed E-state index contributed by atoms with van der Waals surface area (Å²) >= 11 is 5.91. The summed E-state index contributed by atoms with van der Waals surface area (Å²) in [5, 5.41) is 12.9. The van der Waals surface area contributed by atoms with Crippen molar-refractivity contribution >= 4 is 40.4 Å². The Hall–Kier alpha value is -2.54. The van der Waals surface area contributed by atoms with E-state index >= 15 is 0 Å². The van der Waals surface area contributed by atoms with Gasteiger partial charge in [-0.05, 0) is 31.2 Å². The van der Waals surface area contributed by atoms with E-state index in [9.17, 15) is 19.5 Å². The predicted octanol–water partition coefficient (Wildman–Crippen LogP) is 2.14. The molecule has 0 spiro atoms. The van der Waals surface area contributed by atoms with E-state index in [1.807, 2.05) is 0 Å². The monoisotopic (exact) mass is 352 g/mol. The average molecular weight is 353 g/mol. The molecule has 1 unspecified atom stereocenters. The number of carbonyl (C=O) groups is 3. The van der Waals surface area contributed by atoms with Crippen LogP contribution < -0.4 is 5.32 Å². The van der Waals surface area contributed by atoms with E-state index in [4.69, 9.17) is 16.0 Å². The van der Waals surface area contributed by atoms with Crippen LogP contribution in [0.3, 0.4) is 0 Å². The third kappa shape index (κ3) is 4.05. The number of nitrogens with one attached hydrogen (secondary N) is 1. The Morgan fingerprint density at radius 2 is 2.04 bits per heavy atom. The van der Waals surface area contributed by atoms with Crippen molar-refractivity contribution in [2.75, 3.05) is 13.1 Å². The number of benzene rings is 1. The third-order valence-electron chi connectivity index (χ3n) is 3.50. The lowest BCUT2D eigenvalue weighted by atomic mass is 10.2. The van der Waals surface area contributed by atoms with E-state index in [0.29, 0.717) is 16.0 Å². The van der Waals surface area contributed by atoms with Crippen molar-refractivity contribution in [1.29, 1.82) is 0 Å². The number of carbonyl (C=O) groups excluding carboxylic acids is 2. The normalized spacial score (nSPS) is 12.0. The third-order valence-corrected chi connectivity index (χ3v) is 3.74. The van der Waals surface area contributed by atoms with Gasteiger partial charge in [0.15, 0.2) is 5.76 Å². The molecule has 8 heteroatoms. The zero-order valence-corrected chi connectivity index (χ0v) is 14.0. The van der Waals surface area contributed by atoms with Gasteiger partial charge in [-0.1, -0.05) is 11.6 Å². The lowest BCUT2D eigenvalue weighted by Crippen LogP contribution is -2.46. The Labute approximate surface area is 143 Å². The highest BCUT2D eigenvalue weighted by Crippen LogP contribution is 2.24. The summed E-state index contributed by atoms with van der Waals surface area (Å²) < 4.78 is 5.49. The number of fused-ring (bicyclic) bond motifs is 1. The predicted molar refractivity (Wildman–Crippen MR) is 88.0 cm³/mol. The average Bonchev–Trinajstić information content (AvgIpc) is 2.93. The number of carboxylic acids is 1. The van der Waals surface area contributed by atoms with E-state index in [1.165, 1.54) is 19.9 Å². The summed E-state index contributed by atoms with van der Waals surface area (Å²) in [4.78, 5) is 36.0. The van der Waals surface area contributed by atoms with E-state index in [-0.39, 0.29) is 24.8 Å². The molecule has 0 radical (unpaired) electrons. The molecule has 2 amide bonds. The number of amides is 2. The molecule has 1 aromatic heterocycles. The lowest BCUT2D eigenvalue weighted by molar-refractivity contribution is -0.141. The molecule has 0 saturated carbocycles. The second kappa shape index (κ2) is 7.35. The largest absolute Gasteiger partial charge is 0.480 e. The molecule has 128 valence electrons. The highest BCUT2D eigenvalue weighted by Gasteiger charge is 2.28. The molecule has 2 N–H and O–H groups in total. The maximum absolute atomic E-state index is 12.6. The summed E-state index contributed by atoms with van der Waals surface area (Å²) in [7, 11) is 0. The van der Waals surface area contributed by atoms with E-state index < -0.39 is 17.9 Å². The van der Waals surface area contributed by atoms with Crippen LogP contribution in [0.2, 0.25) is 5.02 Å². The zero-order valence-electron chi connectivity index (χ0n) is 13.2. The summed E-state index contributed by atoms with van der Waals surface area (Å²) in [6.07, 6.45) is 0. The van der Waals surface area contributed by atoms with E-state index in [0.717, 1.165) is 4.90 Å². The molecule has 1 heterocycles. The highest BCUT2D eigenvalue weighted by atomic mass is 35.5. The first-order valence-corrected chi connectivity index (χ1v) is 7.64. The fourth-order valence-corrected chi connectivity index (χ4v) is 2.40. The van der Waals surface area contributed by atoms with Crippen LogP contribution in [-0.4, -0.2) is 46.9 Å². The van der Waals surface area contributed by atoms with Gasteiger partial charge in [0.2, 0.25) is 5.91 Å². The highest BCUT2D eigenvalue weighted by molar-refractivity contribution is 6.31. The van der Waals surface area contributed by atoms with Crippen molar-refractivity contribution in [3.8, 4) is 0 Å². The molecular formula is C16H17ClN2O5. The first-order valence-electron chi connectivity index (χ1n) is 7.27. The van der Waals surface area contributed by atoms with Crippen LogP contribution in [0.15, 0.2) is 28.7 Å². The molecule has 0 aliphatic heterocycles. The molecule has 0 fully saturated rings. The second-order valence-electron chi connectivity index (χ2n) is 5.29. The number of hydrogen-bond donors (Lipinski definition) is 2. The molecular weight excluding hydrogens is 336 g/mol. The van der Waals surface area contributed by atoms with Gasteiger partial charge >= 0.3 is 5.97 Å². The first kappa shape index (κ1) is 17.8. The summed E-state index contributed by atoms with van der Waals surface area (Å²) in [5.74, 6) is -1.96. The summed E-state index contributed by atoms with van der Waals surface area (Å²) in [6, 6.07) is 5.37. The molecule has 0 saturated heterocycles. The van der Waals surface area contributed by atoms with Gasteiger partial charge in [0.05, 0.1) is 0 Å². The minimum atomic E-state index is -1.15. The van der Waals surface area contributed by atoms with Crippen LogP contribution >= 0.6 is 11.6 Å². The zero-order chi connectivity index (χ0) is 17.9. The van der Waals surface area contributed by atoms with Gasteiger partial charge in [-0.2, -0.15) is 0 Å². The van der Waals surface area contributed by atoms with E-state index in [1.54, 1.807) is 18.2 Å². The molecule has 1 aromatic carbocycles. The number of rotatable bonds is 6. The summed E-state index contributed by atoms with van der Waals surface area (Å²) in [5.41, 5.74) is 0.479. The second-order valence-corrected chi connectivity index (χ2v) is 5.72. The molecule has 24 heavy (non-hydrogen) atoms. The van der Waals surface area contributed by atoms with Crippen molar-refractivity contribution in [3.05, 3.63) is 35.0 Å². The van der Waals surface area contributed by atoms with Gasteiger partial charge in [-0.15, -0.1) is 0 Å². The fourth-order valence-electron chi connectivity index (χ4n) is 2.22. The number of aliphatic carboxylic acids is 1. The topological polar surface area (TPSA) is 99.9 Å². The van der Waals surface area contributed by atoms with Crippen LogP contribution in [0.1, 0.15) is 24.4 Å². The SMILES string of the molecule is CC(=O)NCCN(C(=O)c1cc2cc(Cl)ccc2o1)C(C)C(=O)O. The fraction of sp³-hybridized carbons (Fsp3) is 0.312. The minimum absolute atomic E-state index is 0.0168. The van der Waals surface area contributed by atoms with Gasteiger partial charge in [-0.3, -0.25) is 9.59 Å². The van der Waals surface area contributed by atoms with Gasteiger partial charge in [0.1, 0.15) is 11.6 Å². The lowest BCUT2D eigenvalue weighted by Gasteiger charge is -2.25. The molecule has 1 atom stereocenters. The minimum Gasteiger partial charge on any atom is -0.480 e. The quantitative estimate of drug-likeness (QED) is 0.829. The number of hydrogen-bond acceptors (Lipinski definition) is 4. The van der Waals surface area contributed by atoms with Gasteiger partial charge in [-0.25, -0.2) is 4.79 Å². The Kier molecular flexibility index (Phi) is 5.46. The van der Waals surface area contributed by atoms with Crippen molar-refractivity contribution < 1.29 is 23.9 Å². The number of carboxylic acid groups (broad SMARTS) is 1. The maximum Gasteiger partial charge on any atom is 0.326 e. The summed E-state index contributed by atoms with van der Waals surface area (Å²) in [6.45, 7) is 2.93. The van der Waals surface area contributed by atoms with Gasteiger partial charge in [0.25, 0.3) is 5.91 Å². The number of halogens is 1. The van der Waals surface area contributed by atoms with Gasteiger partial charge in [0, 0.05) is 30.4 Å². The Bertz CT molecular complexity index is 786. The van der Waals surface area contributed by atoms with Crippen molar-refractivity contribution in [2.45, 2.75) is 19.9 Å². The van der Waals surface area contributed by atoms with Crippen molar-refractivity contribution in [1.82, 2.24) is 10.2 Å². The van der Waals surface area contributed by atoms with E-state index in [2.05, 4.69) is 5.32 Å². The van der Waals surface area contributed by atoms with Crippen LogP contribution in [0.25, 0.3) is 11.0 Å². The van der Waals surface area contributed by atoms with Crippen LogP contribution in [0, 0.1) is 0 Å². The molecule has 2 rings (SSSR count).